The summed E-state index contributed by atoms with van der Waals surface area (Å²) in [5.41, 5.74) is -2.25. The summed E-state index contributed by atoms with van der Waals surface area (Å²) in [6.45, 7) is 2.60. The molecule has 0 saturated carbocycles. The van der Waals surface area contributed by atoms with E-state index in [0.717, 1.165) is 0 Å². The predicted molar refractivity (Wildman–Crippen MR) is 102 cm³/mol. The van der Waals surface area contributed by atoms with Crippen LogP contribution in [-0.2, 0) is 18.9 Å². The van der Waals surface area contributed by atoms with Crippen LogP contribution in [0.3, 0.4) is 0 Å². The fourth-order valence-electron chi connectivity index (χ4n) is 4.81. The van der Waals surface area contributed by atoms with Crippen LogP contribution in [-0.4, -0.2) is 112 Å². The van der Waals surface area contributed by atoms with E-state index >= 15 is 0 Å². The molecule has 0 aromatic carbocycles. The SMILES string of the molecule is CC1(CO)OC2COCC3C(O)C(O)C(OCCCCC1C(O)C2O)OC3(C)CO. The lowest BCUT2D eigenvalue weighted by Gasteiger charge is -2.50. The monoisotopic (exact) mass is 436 g/mol. The molecule has 6 N–H and O–H groups in total. The average Bonchev–Trinajstić information content (AvgIpc) is 2.73. The first kappa shape index (κ1) is 24.2. The zero-order valence-corrected chi connectivity index (χ0v) is 17.6. The molecular weight excluding hydrogens is 400 g/mol. The second-order valence-corrected chi connectivity index (χ2v) is 9.16. The molecule has 6 rings (SSSR count). The molecule has 6 heterocycles. The third-order valence-corrected chi connectivity index (χ3v) is 6.96. The Hall–Kier alpha value is -0.400. The van der Waals surface area contributed by atoms with Crippen molar-refractivity contribution in [1.29, 1.82) is 0 Å². The van der Waals surface area contributed by atoms with Gasteiger partial charge in [-0.05, 0) is 26.7 Å². The topological polar surface area (TPSA) is 158 Å². The number of hydrogen-bond donors (Lipinski definition) is 6. The van der Waals surface area contributed by atoms with E-state index in [1.807, 2.05) is 0 Å². The molecule has 6 aliphatic rings. The summed E-state index contributed by atoms with van der Waals surface area (Å²) in [6.07, 6.45) is -5.17. The lowest BCUT2D eigenvalue weighted by atomic mass is 9.75. The Labute approximate surface area is 176 Å². The molecule has 176 valence electrons. The Balaban J connectivity index is 1.83. The van der Waals surface area contributed by atoms with Gasteiger partial charge in [0.15, 0.2) is 6.29 Å². The number of aliphatic hydroxyl groups is 6. The first-order valence-electron chi connectivity index (χ1n) is 10.7. The Morgan fingerprint density at radius 1 is 0.767 bits per heavy atom. The van der Waals surface area contributed by atoms with E-state index < -0.39 is 66.5 Å². The number of aliphatic hydroxyl groups excluding tert-OH is 6. The van der Waals surface area contributed by atoms with E-state index in [4.69, 9.17) is 18.9 Å². The van der Waals surface area contributed by atoms with Gasteiger partial charge in [-0.1, -0.05) is 6.42 Å². The lowest BCUT2D eigenvalue weighted by molar-refractivity contribution is -0.329. The highest BCUT2D eigenvalue weighted by atomic mass is 16.7. The van der Waals surface area contributed by atoms with Crippen molar-refractivity contribution in [2.75, 3.05) is 33.0 Å². The Bertz CT molecular complexity index is 564. The zero-order valence-electron chi connectivity index (χ0n) is 17.6. The highest BCUT2D eigenvalue weighted by Gasteiger charge is 2.53. The molecule has 10 unspecified atom stereocenters. The summed E-state index contributed by atoms with van der Waals surface area (Å²) in [5.74, 6) is -1.24. The second-order valence-electron chi connectivity index (χ2n) is 9.16. The average molecular weight is 436 g/mol. The molecule has 0 aromatic rings. The van der Waals surface area contributed by atoms with Crippen LogP contribution in [0.4, 0.5) is 0 Å². The first-order chi connectivity index (χ1) is 14.2. The predicted octanol–water partition coefficient (Wildman–Crippen LogP) is -1.86. The van der Waals surface area contributed by atoms with Gasteiger partial charge in [-0.2, -0.15) is 0 Å². The maximum atomic E-state index is 10.7. The van der Waals surface area contributed by atoms with Gasteiger partial charge in [0.2, 0.25) is 0 Å². The van der Waals surface area contributed by atoms with E-state index in [-0.39, 0.29) is 26.4 Å². The van der Waals surface area contributed by atoms with Crippen molar-refractivity contribution in [3.8, 4) is 0 Å². The van der Waals surface area contributed by atoms with Gasteiger partial charge in [0, 0.05) is 18.4 Å². The molecule has 0 aliphatic carbocycles. The summed E-state index contributed by atoms with van der Waals surface area (Å²) in [7, 11) is 0. The van der Waals surface area contributed by atoms with Crippen molar-refractivity contribution in [1.82, 2.24) is 0 Å². The van der Waals surface area contributed by atoms with Crippen LogP contribution in [0, 0.1) is 11.8 Å². The molecule has 10 heteroatoms. The number of rotatable bonds is 2. The molecule has 0 aromatic heterocycles. The molecule has 4 bridgehead atoms. The zero-order chi connectivity index (χ0) is 22.1. The molecule has 6 fully saturated rings. The van der Waals surface area contributed by atoms with Crippen LogP contribution in [0.15, 0.2) is 0 Å². The Morgan fingerprint density at radius 3 is 2.07 bits per heavy atom. The van der Waals surface area contributed by atoms with Crippen molar-refractivity contribution in [2.24, 2.45) is 11.8 Å². The summed E-state index contributed by atoms with van der Waals surface area (Å²) in [4.78, 5) is 0. The molecule has 6 aliphatic heterocycles. The van der Waals surface area contributed by atoms with Crippen LogP contribution in [0.5, 0.6) is 0 Å². The largest absolute Gasteiger partial charge is 0.393 e. The third-order valence-electron chi connectivity index (χ3n) is 6.96. The van der Waals surface area contributed by atoms with Gasteiger partial charge in [0.1, 0.15) is 18.3 Å². The first-order valence-corrected chi connectivity index (χ1v) is 10.7. The van der Waals surface area contributed by atoms with Crippen LogP contribution in [0.2, 0.25) is 0 Å². The van der Waals surface area contributed by atoms with Crippen molar-refractivity contribution < 1.29 is 49.6 Å². The van der Waals surface area contributed by atoms with Crippen LogP contribution in [0.25, 0.3) is 0 Å². The van der Waals surface area contributed by atoms with Crippen LogP contribution < -0.4 is 0 Å². The molecule has 30 heavy (non-hydrogen) atoms. The maximum absolute atomic E-state index is 10.7. The van der Waals surface area contributed by atoms with Gasteiger partial charge in [0.05, 0.1) is 49.8 Å². The van der Waals surface area contributed by atoms with Crippen molar-refractivity contribution >= 4 is 0 Å². The van der Waals surface area contributed by atoms with Gasteiger partial charge in [-0.3, -0.25) is 0 Å². The van der Waals surface area contributed by atoms with Gasteiger partial charge in [-0.15, -0.1) is 0 Å². The van der Waals surface area contributed by atoms with E-state index in [0.29, 0.717) is 19.3 Å². The van der Waals surface area contributed by atoms with E-state index in [1.54, 1.807) is 13.8 Å². The quantitative estimate of drug-likeness (QED) is 0.290. The summed E-state index contributed by atoms with van der Waals surface area (Å²) in [5, 5.41) is 62.1. The highest BCUT2D eigenvalue weighted by molar-refractivity contribution is 5.00. The number of hydrogen-bond acceptors (Lipinski definition) is 10. The van der Waals surface area contributed by atoms with Crippen LogP contribution >= 0.6 is 0 Å². The molecule has 0 spiro atoms. The van der Waals surface area contributed by atoms with Gasteiger partial charge in [0.25, 0.3) is 0 Å². The molecular formula is C20H36O10. The minimum Gasteiger partial charge on any atom is -0.393 e. The molecule has 10 atom stereocenters. The minimum atomic E-state index is -1.30. The van der Waals surface area contributed by atoms with Crippen molar-refractivity contribution in [3.63, 3.8) is 0 Å². The standard InChI is InChI=1S/C20H36O10/c1-19(9-21)11-5-3-4-6-28-18-17(26)15(24)12(20(2,10-22)30-18)7-27-8-13(29-19)16(25)14(11)23/h11-18,21-26H,3-10H2,1-2H3. The maximum Gasteiger partial charge on any atom is 0.186 e. The molecule has 10 nitrogen and oxygen atoms in total. The Kier molecular flexibility index (Phi) is 7.77. The van der Waals surface area contributed by atoms with Crippen molar-refractivity contribution in [3.05, 3.63) is 0 Å². The van der Waals surface area contributed by atoms with E-state index in [1.165, 1.54) is 0 Å². The van der Waals surface area contributed by atoms with Gasteiger partial charge >= 0.3 is 0 Å². The fraction of sp³-hybridized carbons (Fsp3) is 1.00. The second kappa shape index (κ2) is 9.62. The Morgan fingerprint density at radius 2 is 1.40 bits per heavy atom. The molecule has 0 amide bonds. The summed E-state index contributed by atoms with van der Waals surface area (Å²) >= 11 is 0. The van der Waals surface area contributed by atoms with Crippen LogP contribution in [0.1, 0.15) is 33.1 Å². The third kappa shape index (κ3) is 4.54. The fourth-order valence-corrected chi connectivity index (χ4v) is 4.81. The van der Waals surface area contributed by atoms with E-state index in [9.17, 15) is 30.6 Å². The minimum absolute atomic E-state index is 0.0933. The smallest absolute Gasteiger partial charge is 0.186 e. The normalized spacial score (nSPS) is 51.2. The summed E-state index contributed by atoms with van der Waals surface area (Å²) in [6, 6.07) is 0. The van der Waals surface area contributed by atoms with Crippen molar-refractivity contribution in [2.45, 2.75) is 81.1 Å². The van der Waals surface area contributed by atoms with Gasteiger partial charge < -0.3 is 49.6 Å². The van der Waals surface area contributed by atoms with E-state index in [2.05, 4.69) is 0 Å². The summed E-state index contributed by atoms with van der Waals surface area (Å²) < 4.78 is 23.1. The number of ether oxygens (including phenoxy) is 4. The highest BCUT2D eigenvalue weighted by Crippen LogP contribution is 2.39. The molecule has 6 saturated heterocycles. The molecule has 0 radical (unpaired) electrons. The van der Waals surface area contributed by atoms with Gasteiger partial charge in [-0.25, -0.2) is 0 Å². The lowest BCUT2D eigenvalue weighted by Crippen LogP contribution is -2.64.